The average molecular weight is 416 g/mol. The van der Waals surface area contributed by atoms with Gasteiger partial charge in [-0.2, -0.15) is 4.98 Å². The van der Waals surface area contributed by atoms with Crippen LogP contribution in [0.15, 0.2) is 6.07 Å². The zero-order valence-electron chi connectivity index (χ0n) is 18.9. The quantitative estimate of drug-likeness (QED) is 0.685. The Balaban J connectivity index is 1.39. The van der Waals surface area contributed by atoms with Crippen LogP contribution in [0.1, 0.15) is 57.6 Å². The smallest absolute Gasteiger partial charge is 0.312 e. The van der Waals surface area contributed by atoms with Crippen molar-refractivity contribution in [3.8, 4) is 0 Å². The van der Waals surface area contributed by atoms with Crippen molar-refractivity contribution in [3.63, 3.8) is 0 Å². The third-order valence-corrected chi connectivity index (χ3v) is 7.05. The molecule has 1 unspecified atom stereocenters. The van der Waals surface area contributed by atoms with E-state index in [2.05, 4.69) is 27.8 Å². The Labute approximate surface area is 180 Å². The topological polar surface area (TPSA) is 61.8 Å². The van der Waals surface area contributed by atoms with E-state index in [1.54, 1.807) is 0 Å². The summed E-state index contributed by atoms with van der Waals surface area (Å²) in [4.78, 5) is 29.0. The van der Waals surface area contributed by atoms with Gasteiger partial charge in [-0.1, -0.05) is 19.8 Å². The molecule has 30 heavy (non-hydrogen) atoms. The summed E-state index contributed by atoms with van der Waals surface area (Å²) in [5, 5.41) is 0. The Hall–Kier alpha value is -1.89. The molecule has 7 nitrogen and oxygen atoms in total. The van der Waals surface area contributed by atoms with Crippen LogP contribution in [0.5, 0.6) is 0 Å². The number of ether oxygens (including phenoxy) is 1. The SMILES string of the molecule is CCc1cc(N2CCC3(CC2)CC(CN2CCCCCC2)OC3=O)nc(N(C)C)n1. The Morgan fingerprint density at radius 2 is 1.80 bits per heavy atom. The summed E-state index contributed by atoms with van der Waals surface area (Å²) in [6, 6.07) is 2.10. The largest absolute Gasteiger partial charge is 0.461 e. The van der Waals surface area contributed by atoms with E-state index in [4.69, 9.17) is 9.72 Å². The molecular formula is C23H37N5O2. The number of hydrogen-bond acceptors (Lipinski definition) is 7. The van der Waals surface area contributed by atoms with E-state index in [0.717, 1.165) is 75.9 Å². The lowest BCUT2D eigenvalue weighted by atomic mass is 9.76. The minimum absolute atomic E-state index is 0.0351. The van der Waals surface area contributed by atoms with E-state index in [0.29, 0.717) is 0 Å². The van der Waals surface area contributed by atoms with Crippen LogP contribution in [0.25, 0.3) is 0 Å². The molecule has 3 fully saturated rings. The van der Waals surface area contributed by atoms with Crippen LogP contribution in [-0.4, -0.2) is 73.8 Å². The highest BCUT2D eigenvalue weighted by Gasteiger charge is 2.50. The van der Waals surface area contributed by atoms with Crippen molar-refractivity contribution in [1.82, 2.24) is 14.9 Å². The number of rotatable bonds is 5. The minimum Gasteiger partial charge on any atom is -0.461 e. The normalized spacial score (nSPS) is 24.7. The molecule has 1 aromatic heterocycles. The van der Waals surface area contributed by atoms with Crippen molar-refractivity contribution in [2.24, 2.45) is 5.41 Å². The third-order valence-electron chi connectivity index (χ3n) is 7.05. The molecule has 4 heterocycles. The van der Waals surface area contributed by atoms with Gasteiger partial charge in [0.25, 0.3) is 0 Å². The molecule has 3 aliphatic rings. The van der Waals surface area contributed by atoms with Crippen LogP contribution in [-0.2, 0) is 16.0 Å². The number of nitrogens with zero attached hydrogens (tertiary/aromatic N) is 5. The first kappa shape index (κ1) is 21.3. The van der Waals surface area contributed by atoms with Crippen molar-refractivity contribution in [2.45, 2.75) is 64.4 Å². The fraction of sp³-hybridized carbons (Fsp3) is 0.783. The van der Waals surface area contributed by atoms with Crippen LogP contribution in [0, 0.1) is 5.41 Å². The van der Waals surface area contributed by atoms with Gasteiger partial charge >= 0.3 is 5.97 Å². The molecule has 4 rings (SSSR count). The maximum atomic E-state index is 12.9. The fourth-order valence-corrected chi connectivity index (χ4v) is 5.13. The van der Waals surface area contributed by atoms with Gasteiger partial charge < -0.3 is 14.5 Å². The number of piperidine rings is 1. The van der Waals surface area contributed by atoms with Gasteiger partial charge in [0.15, 0.2) is 0 Å². The number of anilines is 2. The number of aryl methyl sites for hydroxylation is 1. The zero-order valence-corrected chi connectivity index (χ0v) is 18.9. The van der Waals surface area contributed by atoms with Crippen molar-refractivity contribution in [1.29, 1.82) is 0 Å². The van der Waals surface area contributed by atoms with Crippen molar-refractivity contribution >= 4 is 17.7 Å². The maximum absolute atomic E-state index is 12.9. The standard InChI is InChI=1S/C23H37N5O2/c1-4-18-15-20(25-22(24-18)26(2)3)28-13-9-23(10-14-28)16-19(30-21(23)29)17-27-11-7-5-6-8-12-27/h15,19H,4-14,16-17H2,1-3H3. The molecule has 1 atom stereocenters. The number of aromatic nitrogens is 2. The molecule has 0 radical (unpaired) electrons. The lowest BCUT2D eigenvalue weighted by Crippen LogP contribution is -2.43. The van der Waals surface area contributed by atoms with Gasteiger partial charge in [-0.25, -0.2) is 4.98 Å². The molecule has 0 aromatic carbocycles. The molecular weight excluding hydrogens is 378 g/mol. The van der Waals surface area contributed by atoms with Gasteiger partial charge in [0.2, 0.25) is 5.95 Å². The number of hydrogen-bond donors (Lipinski definition) is 0. The number of cyclic esters (lactones) is 1. The predicted octanol–water partition coefficient (Wildman–Crippen LogP) is 2.88. The Bertz CT molecular complexity index is 737. The summed E-state index contributed by atoms with van der Waals surface area (Å²) >= 11 is 0. The van der Waals surface area contributed by atoms with Gasteiger partial charge in [0.1, 0.15) is 11.9 Å². The lowest BCUT2D eigenvalue weighted by Gasteiger charge is -2.37. The van der Waals surface area contributed by atoms with Crippen LogP contribution < -0.4 is 9.80 Å². The zero-order chi connectivity index (χ0) is 21.1. The number of likely N-dealkylation sites (tertiary alicyclic amines) is 1. The highest BCUT2D eigenvalue weighted by atomic mass is 16.6. The van der Waals surface area contributed by atoms with Gasteiger partial charge in [0, 0.05) is 51.9 Å². The van der Waals surface area contributed by atoms with Crippen LogP contribution in [0.2, 0.25) is 0 Å². The lowest BCUT2D eigenvalue weighted by molar-refractivity contribution is -0.150. The van der Waals surface area contributed by atoms with Crippen LogP contribution in [0.4, 0.5) is 11.8 Å². The van der Waals surface area contributed by atoms with Gasteiger partial charge in [-0.05, 0) is 45.2 Å². The van der Waals surface area contributed by atoms with E-state index in [1.807, 2.05) is 19.0 Å². The van der Waals surface area contributed by atoms with Gasteiger partial charge in [0.05, 0.1) is 5.41 Å². The maximum Gasteiger partial charge on any atom is 0.312 e. The van der Waals surface area contributed by atoms with Crippen LogP contribution >= 0.6 is 0 Å². The fourth-order valence-electron chi connectivity index (χ4n) is 5.13. The predicted molar refractivity (Wildman–Crippen MR) is 119 cm³/mol. The molecule has 3 aliphatic heterocycles. The molecule has 0 aliphatic carbocycles. The van der Waals surface area contributed by atoms with E-state index < -0.39 is 0 Å². The highest BCUT2D eigenvalue weighted by molar-refractivity contribution is 5.79. The van der Waals surface area contributed by atoms with E-state index >= 15 is 0 Å². The number of carbonyl (C=O) groups excluding carboxylic acids is 1. The molecule has 166 valence electrons. The number of carbonyl (C=O) groups is 1. The molecule has 1 aromatic rings. The minimum atomic E-state index is -0.294. The third kappa shape index (κ3) is 4.56. The van der Waals surface area contributed by atoms with Crippen molar-refractivity contribution in [3.05, 3.63) is 11.8 Å². The van der Waals surface area contributed by atoms with E-state index in [9.17, 15) is 4.79 Å². The summed E-state index contributed by atoms with van der Waals surface area (Å²) in [7, 11) is 3.95. The second-order valence-corrected chi connectivity index (χ2v) is 9.48. The Morgan fingerprint density at radius 3 is 2.43 bits per heavy atom. The molecule has 0 N–H and O–H groups in total. The molecule has 7 heteroatoms. The van der Waals surface area contributed by atoms with E-state index in [-0.39, 0.29) is 17.5 Å². The molecule has 1 spiro atoms. The van der Waals surface area contributed by atoms with Gasteiger partial charge in [-0.3, -0.25) is 9.69 Å². The van der Waals surface area contributed by atoms with Crippen molar-refractivity contribution in [2.75, 3.05) is 56.6 Å². The monoisotopic (exact) mass is 415 g/mol. The second-order valence-electron chi connectivity index (χ2n) is 9.48. The first-order valence-electron chi connectivity index (χ1n) is 11.7. The molecule has 0 saturated carbocycles. The Morgan fingerprint density at radius 1 is 1.10 bits per heavy atom. The summed E-state index contributed by atoms with van der Waals surface area (Å²) in [6.07, 6.45) is 8.74. The van der Waals surface area contributed by atoms with Crippen LogP contribution in [0.3, 0.4) is 0 Å². The summed E-state index contributed by atoms with van der Waals surface area (Å²) < 4.78 is 5.89. The summed E-state index contributed by atoms with van der Waals surface area (Å²) in [5.41, 5.74) is 0.764. The van der Waals surface area contributed by atoms with Gasteiger partial charge in [-0.15, -0.1) is 0 Å². The summed E-state index contributed by atoms with van der Waals surface area (Å²) in [6.45, 7) is 7.02. The van der Waals surface area contributed by atoms with Crippen molar-refractivity contribution < 1.29 is 9.53 Å². The molecule has 0 bridgehead atoms. The van der Waals surface area contributed by atoms with E-state index in [1.165, 1.54) is 25.7 Å². The molecule has 0 amide bonds. The summed E-state index contributed by atoms with van der Waals surface area (Å²) in [5.74, 6) is 1.77. The average Bonchev–Trinajstić information content (AvgIpc) is 2.90. The second kappa shape index (κ2) is 9.08. The first-order valence-corrected chi connectivity index (χ1v) is 11.7. The number of esters is 1. The highest BCUT2D eigenvalue weighted by Crippen LogP contribution is 2.44. The molecule has 3 saturated heterocycles. The Kier molecular flexibility index (Phi) is 6.46. The first-order chi connectivity index (χ1) is 14.5.